The van der Waals surface area contributed by atoms with Crippen LogP contribution in [0.1, 0.15) is 17.8 Å². The SMILES string of the molecule is C=Cc1c(C#CCNc2ccc(S(C)(=O)=O)cc2OC)nc2c(N[C@@H]3CCN(C)C[C@@H]3F)cncn12. The molecule has 0 unspecified atom stereocenters. The van der Waals surface area contributed by atoms with Gasteiger partial charge in [-0.05, 0) is 37.6 Å². The number of sulfone groups is 1. The normalized spacial score (nSPS) is 18.3. The van der Waals surface area contributed by atoms with Crippen molar-refractivity contribution in [2.24, 2.45) is 0 Å². The highest BCUT2D eigenvalue weighted by Gasteiger charge is 2.28. The van der Waals surface area contributed by atoms with Gasteiger partial charge in [0, 0.05) is 25.4 Å². The summed E-state index contributed by atoms with van der Waals surface area (Å²) in [6, 6.07) is 4.30. The summed E-state index contributed by atoms with van der Waals surface area (Å²) in [4.78, 5) is 11.1. The number of hydrogen-bond acceptors (Lipinski definition) is 8. The third-order valence-corrected chi connectivity index (χ3v) is 7.14. The Morgan fingerprint density at radius 1 is 1.36 bits per heavy atom. The van der Waals surface area contributed by atoms with Crippen molar-refractivity contribution in [2.45, 2.75) is 23.5 Å². The zero-order valence-electron chi connectivity index (χ0n) is 20.5. The van der Waals surface area contributed by atoms with E-state index in [0.717, 1.165) is 12.8 Å². The van der Waals surface area contributed by atoms with Gasteiger partial charge in [-0.1, -0.05) is 12.5 Å². The molecule has 0 saturated carbocycles. The lowest BCUT2D eigenvalue weighted by atomic mass is 10.0. The number of nitrogens with zero attached hydrogens (tertiary/aromatic N) is 4. The summed E-state index contributed by atoms with van der Waals surface area (Å²) in [6.07, 6.45) is 5.76. The van der Waals surface area contributed by atoms with Crippen LogP contribution in [0.25, 0.3) is 11.7 Å². The third-order valence-electron chi connectivity index (χ3n) is 6.03. The lowest BCUT2D eigenvalue weighted by molar-refractivity contribution is 0.149. The molecule has 2 aromatic heterocycles. The number of aromatic nitrogens is 3. The Kier molecular flexibility index (Phi) is 7.47. The molecule has 1 aromatic carbocycles. The first-order chi connectivity index (χ1) is 17.2. The minimum absolute atomic E-state index is 0.175. The molecule has 190 valence electrons. The van der Waals surface area contributed by atoms with E-state index < -0.39 is 16.0 Å². The summed E-state index contributed by atoms with van der Waals surface area (Å²) in [5.41, 5.74) is 3.06. The summed E-state index contributed by atoms with van der Waals surface area (Å²) in [6.45, 7) is 5.34. The molecule has 1 aliphatic heterocycles. The lowest BCUT2D eigenvalue weighted by Crippen LogP contribution is -2.46. The van der Waals surface area contributed by atoms with Crippen molar-refractivity contribution in [1.82, 2.24) is 19.3 Å². The van der Waals surface area contributed by atoms with Gasteiger partial charge < -0.3 is 20.3 Å². The number of imidazole rings is 1. The monoisotopic (exact) mass is 512 g/mol. The highest BCUT2D eigenvalue weighted by Crippen LogP contribution is 2.27. The largest absolute Gasteiger partial charge is 0.495 e. The van der Waals surface area contributed by atoms with Crippen LogP contribution in [0.2, 0.25) is 0 Å². The maximum atomic E-state index is 14.6. The number of piperidine rings is 1. The number of benzene rings is 1. The molecule has 1 saturated heterocycles. The van der Waals surface area contributed by atoms with Gasteiger partial charge in [0.15, 0.2) is 15.5 Å². The van der Waals surface area contributed by atoms with Crippen molar-refractivity contribution in [3.8, 4) is 17.6 Å². The van der Waals surface area contributed by atoms with Crippen LogP contribution in [0, 0.1) is 11.8 Å². The van der Waals surface area contributed by atoms with Crippen molar-refractivity contribution < 1.29 is 17.5 Å². The molecular formula is C25H29FN6O3S. The van der Waals surface area contributed by atoms with Crippen LogP contribution in [-0.4, -0.2) is 79.9 Å². The van der Waals surface area contributed by atoms with E-state index in [1.165, 1.54) is 19.2 Å². The van der Waals surface area contributed by atoms with Crippen molar-refractivity contribution >= 4 is 32.9 Å². The highest BCUT2D eigenvalue weighted by atomic mass is 32.2. The fraction of sp³-hybridized carbons (Fsp3) is 0.360. The zero-order chi connectivity index (χ0) is 25.9. The third kappa shape index (κ3) is 5.45. The lowest BCUT2D eigenvalue weighted by Gasteiger charge is -2.33. The number of ether oxygens (including phenoxy) is 1. The Morgan fingerprint density at radius 3 is 2.86 bits per heavy atom. The van der Waals surface area contributed by atoms with Crippen LogP contribution in [0.4, 0.5) is 15.8 Å². The minimum atomic E-state index is -3.34. The first-order valence-electron chi connectivity index (χ1n) is 11.4. The molecular weight excluding hydrogens is 483 g/mol. The number of rotatable bonds is 7. The van der Waals surface area contributed by atoms with Gasteiger partial charge in [-0.15, -0.1) is 0 Å². The first kappa shape index (κ1) is 25.5. The van der Waals surface area contributed by atoms with E-state index in [0.29, 0.717) is 47.1 Å². The molecule has 0 spiro atoms. The van der Waals surface area contributed by atoms with Crippen LogP contribution in [-0.2, 0) is 9.84 Å². The quantitative estimate of drug-likeness (QED) is 0.466. The van der Waals surface area contributed by atoms with Crippen LogP contribution < -0.4 is 15.4 Å². The van der Waals surface area contributed by atoms with Crippen molar-refractivity contribution in [2.75, 3.05) is 50.7 Å². The number of halogens is 1. The second-order valence-corrected chi connectivity index (χ2v) is 10.7. The maximum Gasteiger partial charge on any atom is 0.175 e. The van der Waals surface area contributed by atoms with E-state index in [1.54, 1.807) is 29.1 Å². The number of anilines is 2. The van der Waals surface area contributed by atoms with Crippen LogP contribution in [0.15, 0.2) is 42.2 Å². The second kappa shape index (κ2) is 10.6. The molecule has 1 fully saturated rings. The Morgan fingerprint density at radius 2 is 2.17 bits per heavy atom. The zero-order valence-corrected chi connectivity index (χ0v) is 21.3. The molecule has 1 aliphatic rings. The van der Waals surface area contributed by atoms with Gasteiger partial charge in [-0.25, -0.2) is 22.8 Å². The van der Waals surface area contributed by atoms with Crippen LogP contribution >= 0.6 is 0 Å². The van der Waals surface area contributed by atoms with E-state index in [1.807, 2.05) is 11.9 Å². The molecule has 36 heavy (non-hydrogen) atoms. The molecule has 2 N–H and O–H groups in total. The Balaban J connectivity index is 1.54. The van der Waals surface area contributed by atoms with Gasteiger partial charge >= 0.3 is 0 Å². The number of fused-ring (bicyclic) bond motifs is 1. The molecule has 2 atom stereocenters. The molecule has 0 radical (unpaired) electrons. The maximum absolute atomic E-state index is 14.6. The summed E-state index contributed by atoms with van der Waals surface area (Å²) in [5.74, 6) is 6.49. The summed E-state index contributed by atoms with van der Waals surface area (Å²) in [5, 5.41) is 6.41. The Labute approximate surface area is 210 Å². The summed E-state index contributed by atoms with van der Waals surface area (Å²) < 4.78 is 45.2. The highest BCUT2D eigenvalue weighted by molar-refractivity contribution is 7.90. The van der Waals surface area contributed by atoms with Crippen molar-refractivity contribution in [3.63, 3.8) is 0 Å². The van der Waals surface area contributed by atoms with Gasteiger partial charge in [-0.2, -0.15) is 0 Å². The number of likely N-dealkylation sites (tertiary alicyclic amines) is 1. The average molecular weight is 513 g/mol. The standard InChI is InChI=1S/C25H29FN6O3S/c1-5-23-20(7-6-11-28-21-9-8-17(36(4,33)34)13-24(21)35-3)30-25-22(14-27-16-32(23)25)29-19-10-12-31(2)15-18(19)26/h5,8-9,13-14,16,18-19,28-29H,1,10-12,15H2,2-4H3/t18-,19+/m0/s1. The fourth-order valence-corrected chi connectivity index (χ4v) is 4.74. The molecule has 9 nitrogen and oxygen atoms in total. The van der Waals surface area contributed by atoms with Crippen molar-refractivity contribution in [3.05, 3.63) is 48.7 Å². The van der Waals surface area contributed by atoms with Gasteiger partial charge in [0.05, 0.1) is 47.9 Å². The molecule has 0 aliphatic carbocycles. The first-order valence-corrected chi connectivity index (χ1v) is 13.3. The van der Waals surface area contributed by atoms with E-state index in [4.69, 9.17) is 4.74 Å². The predicted octanol–water partition coefficient (Wildman–Crippen LogP) is 2.70. The molecule has 3 heterocycles. The molecule has 4 rings (SSSR count). The number of nitrogens with one attached hydrogen (secondary N) is 2. The molecule has 0 bridgehead atoms. The van der Waals surface area contributed by atoms with Crippen molar-refractivity contribution in [1.29, 1.82) is 0 Å². The number of methoxy groups -OCH3 is 1. The number of alkyl halides is 1. The Hall–Kier alpha value is -3.62. The number of hydrogen-bond donors (Lipinski definition) is 2. The fourth-order valence-electron chi connectivity index (χ4n) is 4.11. The summed E-state index contributed by atoms with van der Waals surface area (Å²) >= 11 is 0. The van der Waals surface area contributed by atoms with E-state index in [9.17, 15) is 12.8 Å². The molecule has 3 aromatic rings. The Bertz CT molecular complexity index is 1440. The van der Waals surface area contributed by atoms with Crippen LogP contribution in [0.3, 0.4) is 0 Å². The van der Waals surface area contributed by atoms with Gasteiger partial charge in [0.1, 0.15) is 23.9 Å². The van der Waals surface area contributed by atoms with E-state index >= 15 is 0 Å². The second-order valence-electron chi connectivity index (χ2n) is 8.66. The molecule has 11 heteroatoms. The molecule has 0 amide bonds. The minimum Gasteiger partial charge on any atom is -0.495 e. The predicted molar refractivity (Wildman–Crippen MR) is 139 cm³/mol. The average Bonchev–Trinajstić information content (AvgIpc) is 3.21. The van der Waals surface area contributed by atoms with Crippen LogP contribution in [0.5, 0.6) is 5.75 Å². The van der Waals surface area contributed by atoms with E-state index in [2.05, 4.69) is 39.0 Å². The van der Waals surface area contributed by atoms with E-state index in [-0.39, 0.29) is 17.5 Å². The van der Waals surface area contributed by atoms with Gasteiger partial charge in [0.2, 0.25) is 0 Å². The van der Waals surface area contributed by atoms with Gasteiger partial charge in [0.25, 0.3) is 0 Å². The smallest absolute Gasteiger partial charge is 0.175 e. The van der Waals surface area contributed by atoms with Gasteiger partial charge in [-0.3, -0.25) is 4.40 Å². The topological polar surface area (TPSA) is 101 Å². The summed E-state index contributed by atoms with van der Waals surface area (Å²) in [7, 11) is 0.0456.